The SMILES string of the molecule is CC/C=C\C/C=C\C/C=C\C/C=C\CCCCCOCC(COP(=O)(O)OCC[N+](C)(C)C)OC(=O)CCCCCCCCCCC/C=C\CCCCCCCCCC. The molecule has 0 bridgehead atoms. The lowest BCUT2D eigenvalue weighted by Gasteiger charge is -2.24. The number of phosphoric ester groups is 1. The van der Waals surface area contributed by atoms with Crippen molar-refractivity contribution >= 4 is 13.8 Å². The minimum atomic E-state index is -4.29. The largest absolute Gasteiger partial charge is 0.472 e. The molecule has 0 rings (SSSR count). The van der Waals surface area contributed by atoms with Gasteiger partial charge in [-0.25, -0.2) is 4.57 Å². The van der Waals surface area contributed by atoms with Gasteiger partial charge in [-0.15, -0.1) is 0 Å². The Morgan fingerprint density at radius 3 is 1.49 bits per heavy atom. The summed E-state index contributed by atoms with van der Waals surface area (Å²) < 4.78 is 35.0. The first-order valence-electron chi connectivity index (χ1n) is 24.0. The Hall–Kier alpha value is -1.80. The van der Waals surface area contributed by atoms with Crippen LogP contribution in [0, 0.1) is 0 Å². The van der Waals surface area contributed by atoms with Crippen LogP contribution in [0.25, 0.3) is 0 Å². The first kappa shape index (κ1) is 57.2. The summed E-state index contributed by atoms with van der Waals surface area (Å²) in [6.45, 7) is 5.43. The van der Waals surface area contributed by atoms with Crippen LogP contribution in [0.4, 0.5) is 0 Å². The summed E-state index contributed by atoms with van der Waals surface area (Å²) in [4.78, 5) is 23.0. The predicted molar refractivity (Wildman–Crippen MR) is 252 cm³/mol. The summed E-state index contributed by atoms with van der Waals surface area (Å²) in [6, 6.07) is 0. The smallest absolute Gasteiger partial charge is 0.457 e. The Labute approximate surface area is 364 Å². The van der Waals surface area contributed by atoms with Crippen LogP contribution in [0.5, 0.6) is 0 Å². The summed E-state index contributed by atoms with van der Waals surface area (Å²) >= 11 is 0. The molecule has 0 aromatic carbocycles. The van der Waals surface area contributed by atoms with E-state index < -0.39 is 13.9 Å². The molecule has 1 N–H and O–H groups in total. The van der Waals surface area contributed by atoms with Crippen molar-refractivity contribution in [3.8, 4) is 0 Å². The molecule has 0 aliphatic rings. The number of unbranched alkanes of at least 4 members (excludes halogenated alkanes) is 20. The van der Waals surface area contributed by atoms with Gasteiger partial charge in [0.2, 0.25) is 0 Å². The van der Waals surface area contributed by atoms with Crippen LogP contribution < -0.4 is 0 Å². The van der Waals surface area contributed by atoms with Gasteiger partial charge in [-0.1, -0.05) is 171 Å². The third kappa shape index (κ3) is 47.1. The number of phosphoric acid groups is 1. The van der Waals surface area contributed by atoms with Crippen LogP contribution in [-0.2, 0) is 27.9 Å². The number of quaternary nitrogens is 1. The van der Waals surface area contributed by atoms with E-state index in [2.05, 4.69) is 74.6 Å². The second-order valence-corrected chi connectivity index (χ2v) is 18.6. The first-order valence-corrected chi connectivity index (χ1v) is 25.5. The standard InChI is InChI=1S/C50H92NO7P/c1-6-8-10-12-14-16-18-20-22-24-25-26-27-28-29-31-33-35-37-39-41-43-50(52)58-49(48-57-59(53,54)56-46-44-51(3,4)5)47-55-45-42-40-38-36-34-32-30-23-21-19-17-15-13-11-9-7-2/h9,11,15,17,21,23-25,32,34,49H,6-8,10,12-14,16,18-20,22,26-31,33,35-48H2,1-5H3/p+1/b11-9-,17-15-,23-21-,25-24-,34-32-. The first-order chi connectivity index (χ1) is 28.6. The fourth-order valence-electron chi connectivity index (χ4n) is 6.36. The van der Waals surface area contributed by atoms with Gasteiger partial charge in [0.05, 0.1) is 34.4 Å². The second-order valence-electron chi connectivity index (χ2n) is 17.1. The van der Waals surface area contributed by atoms with Crippen molar-refractivity contribution < 1.29 is 37.3 Å². The zero-order valence-electron chi connectivity index (χ0n) is 39.0. The van der Waals surface area contributed by atoms with Gasteiger partial charge in [0.1, 0.15) is 19.3 Å². The number of hydrogen-bond acceptors (Lipinski definition) is 6. The molecular formula is C50H93NO7P+. The number of ether oxygens (including phenoxy) is 2. The van der Waals surface area contributed by atoms with Crippen molar-refractivity contribution in [1.29, 1.82) is 0 Å². The Balaban J connectivity index is 4.22. The van der Waals surface area contributed by atoms with Crippen LogP contribution in [0.3, 0.4) is 0 Å². The molecule has 0 fully saturated rings. The molecule has 0 radical (unpaired) electrons. The number of allylic oxidation sites excluding steroid dienone is 10. The fourth-order valence-corrected chi connectivity index (χ4v) is 7.10. The fraction of sp³-hybridized carbons (Fsp3) is 0.780. The van der Waals surface area contributed by atoms with Crippen LogP contribution in [0.1, 0.15) is 194 Å². The van der Waals surface area contributed by atoms with Gasteiger partial charge < -0.3 is 18.9 Å². The monoisotopic (exact) mass is 851 g/mol. The third-order valence-electron chi connectivity index (χ3n) is 10.1. The molecule has 2 atom stereocenters. The Kier molecular flexibility index (Phi) is 41.6. The molecule has 0 aliphatic heterocycles. The van der Waals surface area contributed by atoms with Crippen molar-refractivity contribution in [2.75, 3.05) is 54.1 Å². The van der Waals surface area contributed by atoms with Gasteiger partial charge in [0.15, 0.2) is 0 Å². The number of hydrogen-bond donors (Lipinski definition) is 1. The molecule has 0 aromatic rings. The van der Waals surface area contributed by atoms with Gasteiger partial charge in [-0.2, -0.15) is 0 Å². The number of rotatable bonds is 44. The number of carbonyl (C=O) groups is 1. The molecule has 8 nitrogen and oxygen atoms in total. The van der Waals surface area contributed by atoms with Crippen molar-refractivity contribution in [2.24, 2.45) is 0 Å². The molecule has 0 aromatic heterocycles. The quantitative estimate of drug-likeness (QED) is 0.0215. The molecule has 0 saturated heterocycles. The summed E-state index contributed by atoms with van der Waals surface area (Å²) in [5, 5.41) is 0. The maximum absolute atomic E-state index is 12.7. The van der Waals surface area contributed by atoms with E-state index in [0.29, 0.717) is 24.1 Å². The zero-order valence-corrected chi connectivity index (χ0v) is 39.9. The Morgan fingerprint density at radius 1 is 0.542 bits per heavy atom. The number of esters is 1. The number of nitrogens with zero attached hydrogens (tertiary/aromatic N) is 1. The third-order valence-corrected chi connectivity index (χ3v) is 11.0. The van der Waals surface area contributed by atoms with E-state index in [9.17, 15) is 14.3 Å². The maximum atomic E-state index is 12.7. The van der Waals surface area contributed by atoms with E-state index in [0.717, 1.165) is 70.6 Å². The van der Waals surface area contributed by atoms with Crippen LogP contribution in [-0.4, -0.2) is 75.6 Å². The minimum Gasteiger partial charge on any atom is -0.457 e. The maximum Gasteiger partial charge on any atom is 0.472 e. The van der Waals surface area contributed by atoms with Crippen LogP contribution in [0.15, 0.2) is 60.8 Å². The molecular weight excluding hydrogens is 758 g/mol. The number of carbonyl (C=O) groups excluding carboxylic acids is 1. The van der Waals surface area contributed by atoms with Crippen molar-refractivity contribution in [3.63, 3.8) is 0 Å². The van der Waals surface area contributed by atoms with Crippen LogP contribution >= 0.6 is 7.82 Å². The van der Waals surface area contributed by atoms with E-state index in [1.807, 2.05) is 21.1 Å². The summed E-state index contributed by atoms with van der Waals surface area (Å²) in [5.74, 6) is -0.328. The lowest BCUT2D eigenvalue weighted by atomic mass is 10.1. The molecule has 344 valence electrons. The van der Waals surface area contributed by atoms with E-state index in [1.165, 1.54) is 103 Å². The van der Waals surface area contributed by atoms with Gasteiger partial charge in [0.25, 0.3) is 0 Å². The lowest BCUT2D eigenvalue weighted by Crippen LogP contribution is -2.37. The van der Waals surface area contributed by atoms with E-state index in [1.54, 1.807) is 0 Å². The summed E-state index contributed by atoms with van der Waals surface area (Å²) in [6.07, 6.45) is 54.1. The van der Waals surface area contributed by atoms with Crippen LogP contribution in [0.2, 0.25) is 0 Å². The highest BCUT2D eigenvalue weighted by molar-refractivity contribution is 7.47. The average molecular weight is 851 g/mol. The molecule has 0 heterocycles. The van der Waals surface area contributed by atoms with E-state index in [4.69, 9.17) is 18.5 Å². The summed E-state index contributed by atoms with van der Waals surface area (Å²) in [7, 11) is 1.64. The highest BCUT2D eigenvalue weighted by Crippen LogP contribution is 2.43. The van der Waals surface area contributed by atoms with Crippen molar-refractivity contribution in [1.82, 2.24) is 0 Å². The highest BCUT2D eigenvalue weighted by Gasteiger charge is 2.26. The minimum absolute atomic E-state index is 0.0796. The Bertz CT molecular complexity index is 1130. The molecule has 2 unspecified atom stereocenters. The average Bonchev–Trinajstić information content (AvgIpc) is 3.19. The Morgan fingerprint density at radius 2 is 0.983 bits per heavy atom. The van der Waals surface area contributed by atoms with Gasteiger partial charge >= 0.3 is 13.8 Å². The second kappa shape index (κ2) is 42.9. The normalized spacial score (nSPS) is 14.2. The molecule has 59 heavy (non-hydrogen) atoms. The van der Waals surface area contributed by atoms with Gasteiger partial charge in [0, 0.05) is 13.0 Å². The lowest BCUT2D eigenvalue weighted by molar-refractivity contribution is -0.870. The molecule has 0 amide bonds. The number of likely N-dealkylation sites (N-methyl/N-ethyl adjacent to an activating group) is 1. The van der Waals surface area contributed by atoms with Crippen molar-refractivity contribution in [3.05, 3.63) is 60.8 Å². The van der Waals surface area contributed by atoms with Crippen molar-refractivity contribution in [2.45, 2.75) is 200 Å². The van der Waals surface area contributed by atoms with E-state index >= 15 is 0 Å². The highest BCUT2D eigenvalue weighted by atomic mass is 31.2. The molecule has 9 heteroatoms. The van der Waals surface area contributed by atoms with Gasteiger partial charge in [-0.3, -0.25) is 13.8 Å². The summed E-state index contributed by atoms with van der Waals surface area (Å²) in [5.41, 5.74) is 0. The van der Waals surface area contributed by atoms with Gasteiger partial charge in [-0.05, 0) is 77.0 Å². The van der Waals surface area contributed by atoms with E-state index in [-0.39, 0.29) is 25.8 Å². The molecule has 0 aliphatic carbocycles. The predicted octanol–water partition coefficient (Wildman–Crippen LogP) is 14.5. The topological polar surface area (TPSA) is 91.3 Å². The zero-order chi connectivity index (χ0) is 43.4. The molecule has 0 saturated carbocycles. The molecule has 0 spiro atoms.